The van der Waals surface area contributed by atoms with Gasteiger partial charge in [0.2, 0.25) is 0 Å². The van der Waals surface area contributed by atoms with Gasteiger partial charge in [-0.2, -0.15) is 0 Å². The largest absolute Gasteiger partial charge is 0.493 e. The highest BCUT2D eigenvalue weighted by atomic mass is 17.1. The number of hydrogen-bond acceptors (Lipinski definition) is 7. The first-order chi connectivity index (χ1) is 16.1. The Morgan fingerprint density at radius 3 is 2.27 bits per heavy atom. The normalized spacial score (nSPS) is 16.4. The predicted octanol–water partition coefficient (Wildman–Crippen LogP) is 4.42. The van der Waals surface area contributed by atoms with Gasteiger partial charge in [0.05, 0.1) is 20.3 Å². The first kappa shape index (κ1) is 24.7. The average Bonchev–Trinajstić information content (AvgIpc) is 2.84. The first-order valence-corrected chi connectivity index (χ1v) is 10.8. The molecule has 1 aliphatic rings. The third kappa shape index (κ3) is 6.52. The van der Waals surface area contributed by atoms with Gasteiger partial charge in [-0.05, 0) is 78.3 Å². The van der Waals surface area contributed by atoms with Gasteiger partial charge in [0.25, 0.3) is 0 Å². The molecule has 0 amide bonds. The Hall–Kier alpha value is -2.97. The van der Waals surface area contributed by atoms with Crippen molar-refractivity contribution in [3.63, 3.8) is 0 Å². The Balaban J connectivity index is 1.82. The van der Waals surface area contributed by atoms with E-state index in [9.17, 15) is 9.90 Å². The fourth-order valence-electron chi connectivity index (χ4n) is 3.88. The van der Waals surface area contributed by atoms with Crippen LogP contribution >= 0.6 is 0 Å². The lowest BCUT2D eigenvalue weighted by molar-refractivity contribution is -0.241. The van der Waals surface area contributed by atoms with Crippen molar-refractivity contribution in [3.8, 4) is 11.5 Å². The molecule has 3 rings (SSSR count). The second-order valence-electron chi connectivity index (χ2n) is 7.75. The van der Waals surface area contributed by atoms with Crippen molar-refractivity contribution in [1.82, 2.24) is 0 Å². The molecule has 0 unspecified atom stereocenters. The molecule has 33 heavy (non-hydrogen) atoms. The molecule has 2 N–H and O–H groups in total. The van der Waals surface area contributed by atoms with E-state index in [1.165, 1.54) is 0 Å². The van der Waals surface area contributed by atoms with Crippen molar-refractivity contribution in [1.29, 1.82) is 0 Å². The Kier molecular flexibility index (Phi) is 9.21. The van der Waals surface area contributed by atoms with Crippen molar-refractivity contribution in [3.05, 3.63) is 69.8 Å². The molecule has 2 aromatic carbocycles. The second-order valence-corrected chi connectivity index (χ2v) is 7.75. The fraction of sp³-hybridized carbons (Fsp3) is 0.346. The molecule has 2 aromatic rings. The summed E-state index contributed by atoms with van der Waals surface area (Å²) in [5.41, 5.74) is 4.87. The van der Waals surface area contributed by atoms with Crippen molar-refractivity contribution in [2.24, 2.45) is 0 Å². The number of hydrogen-bond donors (Lipinski definition) is 2. The highest BCUT2D eigenvalue weighted by Crippen LogP contribution is 2.32. The number of ketones is 1. The Bertz CT molecular complexity index is 944. The van der Waals surface area contributed by atoms with E-state index < -0.39 is 0 Å². The van der Waals surface area contributed by atoms with E-state index in [4.69, 9.17) is 19.5 Å². The van der Waals surface area contributed by atoms with Gasteiger partial charge in [0.15, 0.2) is 24.1 Å². The van der Waals surface area contributed by atoms with Crippen molar-refractivity contribution < 1.29 is 34.3 Å². The number of carbonyl (C=O) groups is 1. The van der Waals surface area contributed by atoms with Gasteiger partial charge in [0.1, 0.15) is 0 Å². The van der Waals surface area contributed by atoms with E-state index in [0.29, 0.717) is 30.8 Å². The molecule has 0 bridgehead atoms. The van der Waals surface area contributed by atoms with Gasteiger partial charge >= 0.3 is 0 Å². The highest BCUT2D eigenvalue weighted by Gasteiger charge is 2.21. The van der Waals surface area contributed by atoms with Gasteiger partial charge in [0, 0.05) is 18.3 Å². The van der Waals surface area contributed by atoms with Crippen molar-refractivity contribution >= 4 is 17.9 Å². The summed E-state index contributed by atoms with van der Waals surface area (Å²) in [6.45, 7) is 0.158. The van der Waals surface area contributed by atoms with Crippen LogP contribution < -0.4 is 9.47 Å². The summed E-state index contributed by atoms with van der Waals surface area (Å²) in [6.07, 6.45) is 6.58. The Labute approximate surface area is 193 Å². The molecule has 1 fully saturated rings. The number of aliphatic hydroxyl groups excluding tert-OH is 1. The van der Waals surface area contributed by atoms with Crippen molar-refractivity contribution in [2.45, 2.75) is 32.3 Å². The zero-order valence-corrected chi connectivity index (χ0v) is 19.0. The number of carbonyl (C=O) groups excluding carboxylic acids is 1. The summed E-state index contributed by atoms with van der Waals surface area (Å²) in [6, 6.07) is 11.2. The number of allylic oxidation sites excluding steroid dienone is 2. The summed E-state index contributed by atoms with van der Waals surface area (Å²) in [5, 5.41) is 18.3. The standard InChI is InChI=1S/C26H30O7/c1-30-17-32-24-9-7-19(15-25(24)31-2)13-22-5-3-4-21(26(22)28)12-18-6-8-20(10-11-33-29)23(14-18)16-27/h6-9,12-15,27,29H,3-5,10-11,16-17H2,1-2H3. The topological polar surface area (TPSA) is 94.5 Å². The summed E-state index contributed by atoms with van der Waals surface area (Å²) >= 11 is 0. The van der Waals surface area contributed by atoms with E-state index in [1.54, 1.807) is 20.3 Å². The Morgan fingerprint density at radius 1 is 0.939 bits per heavy atom. The molecule has 1 aliphatic carbocycles. The molecule has 0 atom stereocenters. The minimum atomic E-state index is -0.122. The fourth-order valence-corrected chi connectivity index (χ4v) is 3.88. The third-order valence-electron chi connectivity index (χ3n) is 5.54. The van der Waals surface area contributed by atoms with Crippen LogP contribution in [0.15, 0.2) is 47.5 Å². The second kappa shape index (κ2) is 12.3. The van der Waals surface area contributed by atoms with Gasteiger partial charge in [-0.3, -0.25) is 10.1 Å². The number of rotatable bonds is 10. The van der Waals surface area contributed by atoms with Gasteiger partial charge in [-0.25, -0.2) is 4.89 Å². The van der Waals surface area contributed by atoms with Crippen LogP contribution in [-0.2, 0) is 27.4 Å². The van der Waals surface area contributed by atoms with Crippen LogP contribution in [0.25, 0.3) is 12.2 Å². The number of ether oxygens (including phenoxy) is 3. The minimum Gasteiger partial charge on any atom is -0.493 e. The molecule has 0 radical (unpaired) electrons. The van der Waals surface area contributed by atoms with E-state index in [0.717, 1.165) is 39.8 Å². The molecule has 0 aliphatic heterocycles. The van der Waals surface area contributed by atoms with Crippen LogP contribution in [0, 0.1) is 0 Å². The number of Topliss-reactive ketones (excluding diaryl/α,β-unsaturated/α-hetero) is 1. The smallest absolute Gasteiger partial charge is 0.188 e. The minimum absolute atomic E-state index is 0.0308. The summed E-state index contributed by atoms with van der Waals surface area (Å²) in [4.78, 5) is 17.3. The predicted molar refractivity (Wildman–Crippen MR) is 125 cm³/mol. The van der Waals surface area contributed by atoms with Crippen molar-refractivity contribution in [2.75, 3.05) is 27.6 Å². The zero-order valence-electron chi connectivity index (χ0n) is 19.0. The van der Waals surface area contributed by atoms with E-state index >= 15 is 0 Å². The van der Waals surface area contributed by atoms with Gasteiger partial charge in [-0.15, -0.1) is 0 Å². The maximum absolute atomic E-state index is 13.2. The molecule has 176 valence electrons. The summed E-state index contributed by atoms with van der Waals surface area (Å²) < 4.78 is 15.8. The van der Waals surface area contributed by atoms with Crippen LogP contribution in [-0.4, -0.2) is 43.8 Å². The lowest BCUT2D eigenvalue weighted by Gasteiger charge is -2.17. The molecule has 0 aromatic heterocycles. The molecule has 7 heteroatoms. The molecule has 1 saturated carbocycles. The maximum Gasteiger partial charge on any atom is 0.188 e. The zero-order chi connectivity index (χ0) is 23.6. The third-order valence-corrected chi connectivity index (χ3v) is 5.54. The van der Waals surface area contributed by atoms with Crippen LogP contribution in [0.5, 0.6) is 11.5 Å². The van der Waals surface area contributed by atoms with Crippen LogP contribution in [0.2, 0.25) is 0 Å². The van der Waals surface area contributed by atoms with Crippen LogP contribution in [0.1, 0.15) is 41.5 Å². The van der Waals surface area contributed by atoms with E-state index in [2.05, 4.69) is 4.89 Å². The monoisotopic (exact) mass is 454 g/mol. The van der Waals surface area contributed by atoms with E-state index in [-0.39, 0.29) is 25.8 Å². The highest BCUT2D eigenvalue weighted by molar-refractivity contribution is 6.14. The van der Waals surface area contributed by atoms with Gasteiger partial charge in [-0.1, -0.05) is 18.2 Å². The maximum atomic E-state index is 13.2. The quantitative estimate of drug-likeness (QED) is 0.237. The number of methoxy groups -OCH3 is 2. The first-order valence-electron chi connectivity index (χ1n) is 10.8. The molecule has 0 spiro atoms. The average molecular weight is 455 g/mol. The molecular formula is C26H30O7. The lowest BCUT2D eigenvalue weighted by Crippen LogP contribution is -2.12. The SMILES string of the molecule is COCOc1ccc(C=C2CCCC(=Cc3ccc(CCOO)c(CO)c3)C2=O)cc1OC. The van der Waals surface area contributed by atoms with E-state index in [1.807, 2.05) is 42.5 Å². The summed E-state index contributed by atoms with van der Waals surface area (Å²) in [7, 11) is 3.12. The number of benzene rings is 2. The molecular weight excluding hydrogens is 424 g/mol. The van der Waals surface area contributed by atoms with Crippen LogP contribution in [0.3, 0.4) is 0 Å². The molecule has 0 heterocycles. The molecule has 0 saturated heterocycles. The Morgan fingerprint density at radius 2 is 1.64 bits per heavy atom. The summed E-state index contributed by atoms with van der Waals surface area (Å²) in [5.74, 6) is 1.18. The van der Waals surface area contributed by atoms with Gasteiger partial charge < -0.3 is 19.3 Å². The lowest BCUT2D eigenvalue weighted by atomic mass is 9.86. The molecule has 7 nitrogen and oxygen atoms in total. The number of aliphatic hydroxyl groups is 1. The van der Waals surface area contributed by atoms with Crippen LogP contribution in [0.4, 0.5) is 0 Å².